The lowest BCUT2D eigenvalue weighted by atomic mass is 9.81. The van der Waals surface area contributed by atoms with E-state index in [9.17, 15) is 9.59 Å². The smallest absolute Gasteiger partial charge is 0.337 e. The van der Waals surface area contributed by atoms with E-state index >= 15 is 0 Å². The van der Waals surface area contributed by atoms with Gasteiger partial charge in [0.25, 0.3) is 5.91 Å². The maximum atomic E-state index is 13.1. The number of amides is 1. The SMILES string of the molecule is COC(=O)c1ccc(OCC(=O)N2CCNC(C3c4ccccc4CCc4ccccc43)C2)cc1. The van der Waals surface area contributed by atoms with E-state index in [4.69, 9.17) is 9.47 Å². The number of rotatable bonds is 5. The van der Waals surface area contributed by atoms with Gasteiger partial charge in [0.15, 0.2) is 6.61 Å². The number of carbonyl (C=O) groups excluding carboxylic acids is 2. The molecule has 35 heavy (non-hydrogen) atoms. The van der Waals surface area contributed by atoms with Crippen molar-refractivity contribution < 1.29 is 19.1 Å². The maximum absolute atomic E-state index is 13.1. The van der Waals surface area contributed by atoms with Gasteiger partial charge >= 0.3 is 5.97 Å². The third-order valence-electron chi connectivity index (χ3n) is 7.04. The van der Waals surface area contributed by atoms with Gasteiger partial charge in [-0.05, 0) is 59.4 Å². The van der Waals surface area contributed by atoms with Crippen molar-refractivity contribution in [2.75, 3.05) is 33.4 Å². The first-order valence-corrected chi connectivity index (χ1v) is 12.1. The van der Waals surface area contributed by atoms with Crippen molar-refractivity contribution in [3.05, 3.63) is 101 Å². The molecular weight excluding hydrogens is 440 g/mol. The summed E-state index contributed by atoms with van der Waals surface area (Å²) in [6, 6.07) is 24.2. The number of hydrogen-bond donors (Lipinski definition) is 1. The second kappa shape index (κ2) is 10.3. The van der Waals surface area contributed by atoms with E-state index in [2.05, 4.69) is 53.8 Å². The molecule has 180 valence electrons. The Kier molecular flexibility index (Phi) is 6.82. The molecule has 0 radical (unpaired) electrons. The van der Waals surface area contributed by atoms with Crippen molar-refractivity contribution in [2.45, 2.75) is 24.8 Å². The van der Waals surface area contributed by atoms with Crippen LogP contribution in [0.5, 0.6) is 5.75 Å². The summed E-state index contributed by atoms with van der Waals surface area (Å²) in [5.74, 6) is 0.293. The molecule has 1 atom stereocenters. The van der Waals surface area contributed by atoms with Crippen LogP contribution in [0.2, 0.25) is 0 Å². The van der Waals surface area contributed by atoms with Gasteiger partial charge in [0.05, 0.1) is 12.7 Å². The van der Waals surface area contributed by atoms with Crippen molar-refractivity contribution in [1.29, 1.82) is 0 Å². The van der Waals surface area contributed by atoms with E-state index in [1.54, 1.807) is 24.3 Å². The summed E-state index contributed by atoms with van der Waals surface area (Å²) in [7, 11) is 1.35. The predicted octanol–water partition coefficient (Wildman–Crippen LogP) is 3.58. The molecule has 6 heteroatoms. The number of ether oxygens (including phenoxy) is 2. The van der Waals surface area contributed by atoms with Gasteiger partial charge in [-0.3, -0.25) is 4.79 Å². The summed E-state index contributed by atoms with van der Waals surface area (Å²) < 4.78 is 10.5. The molecule has 1 aliphatic heterocycles. The highest BCUT2D eigenvalue weighted by atomic mass is 16.5. The molecule has 1 fully saturated rings. The molecule has 1 amide bonds. The van der Waals surface area contributed by atoms with Crippen LogP contribution in [0.4, 0.5) is 0 Å². The Labute approximate surface area is 205 Å². The van der Waals surface area contributed by atoms with Crippen molar-refractivity contribution in [3.8, 4) is 5.75 Å². The Balaban J connectivity index is 1.30. The van der Waals surface area contributed by atoms with Crippen LogP contribution in [0.25, 0.3) is 0 Å². The summed E-state index contributed by atoms with van der Waals surface area (Å²) in [4.78, 5) is 26.6. The molecule has 3 aromatic rings. The number of piperazine rings is 1. The minimum absolute atomic E-state index is 0.0382. The number of aryl methyl sites for hydroxylation is 2. The molecule has 6 nitrogen and oxygen atoms in total. The number of esters is 1. The quantitative estimate of drug-likeness (QED) is 0.578. The molecule has 1 N–H and O–H groups in total. The average Bonchev–Trinajstić information content (AvgIpc) is 3.08. The zero-order valence-corrected chi connectivity index (χ0v) is 19.9. The Hall–Kier alpha value is -3.64. The second-order valence-electron chi connectivity index (χ2n) is 9.08. The Bertz CT molecular complexity index is 1160. The van der Waals surface area contributed by atoms with Gasteiger partial charge in [0.2, 0.25) is 0 Å². The summed E-state index contributed by atoms with van der Waals surface area (Å²) in [5.41, 5.74) is 5.92. The Morgan fingerprint density at radius 2 is 1.54 bits per heavy atom. The number of hydrogen-bond acceptors (Lipinski definition) is 5. The van der Waals surface area contributed by atoms with Crippen molar-refractivity contribution in [1.82, 2.24) is 10.2 Å². The van der Waals surface area contributed by atoms with Crippen LogP contribution in [-0.4, -0.2) is 56.2 Å². The van der Waals surface area contributed by atoms with E-state index in [0.717, 1.165) is 19.4 Å². The number of carbonyl (C=O) groups is 2. The van der Waals surface area contributed by atoms with E-state index < -0.39 is 5.97 Å². The number of methoxy groups -OCH3 is 1. The van der Waals surface area contributed by atoms with E-state index in [1.165, 1.54) is 29.4 Å². The molecule has 1 unspecified atom stereocenters. The molecule has 3 aromatic carbocycles. The third kappa shape index (κ3) is 4.93. The molecule has 0 aromatic heterocycles. The fraction of sp³-hybridized carbons (Fsp3) is 0.310. The standard InChI is InChI=1S/C29H30N2O4/c1-34-29(33)22-12-14-23(15-13-22)35-19-27(32)31-17-16-30-26(18-31)28-24-8-4-2-6-20(24)10-11-21-7-3-5-9-25(21)28/h2-9,12-15,26,28,30H,10-11,16-19H2,1H3. The number of nitrogens with one attached hydrogen (secondary N) is 1. The van der Waals surface area contributed by atoms with Crippen LogP contribution in [-0.2, 0) is 22.4 Å². The second-order valence-corrected chi connectivity index (χ2v) is 9.08. The van der Waals surface area contributed by atoms with Crippen LogP contribution in [0.15, 0.2) is 72.8 Å². The molecule has 1 heterocycles. The minimum atomic E-state index is -0.402. The number of benzene rings is 3. The van der Waals surface area contributed by atoms with Gasteiger partial charge in [0.1, 0.15) is 5.75 Å². The molecular formula is C29H30N2O4. The first-order chi connectivity index (χ1) is 17.1. The Morgan fingerprint density at radius 3 is 2.17 bits per heavy atom. The zero-order chi connectivity index (χ0) is 24.2. The first kappa shape index (κ1) is 23.1. The number of nitrogens with zero attached hydrogens (tertiary/aromatic N) is 1. The van der Waals surface area contributed by atoms with Crippen LogP contribution < -0.4 is 10.1 Å². The average molecular weight is 471 g/mol. The van der Waals surface area contributed by atoms with Gasteiger partial charge < -0.3 is 19.7 Å². The van der Waals surface area contributed by atoms with E-state index in [-0.39, 0.29) is 24.5 Å². The van der Waals surface area contributed by atoms with Crippen LogP contribution in [0.1, 0.15) is 38.5 Å². The lowest BCUT2D eigenvalue weighted by molar-refractivity contribution is -0.134. The Morgan fingerprint density at radius 1 is 0.914 bits per heavy atom. The van der Waals surface area contributed by atoms with Gasteiger partial charge in [-0.2, -0.15) is 0 Å². The van der Waals surface area contributed by atoms with Gasteiger partial charge in [-0.25, -0.2) is 4.79 Å². The van der Waals surface area contributed by atoms with Crippen LogP contribution in [0, 0.1) is 0 Å². The monoisotopic (exact) mass is 470 g/mol. The minimum Gasteiger partial charge on any atom is -0.484 e. The normalized spacial score (nSPS) is 17.6. The lowest BCUT2D eigenvalue weighted by Crippen LogP contribution is -2.55. The molecule has 0 spiro atoms. The highest BCUT2D eigenvalue weighted by molar-refractivity contribution is 5.89. The van der Waals surface area contributed by atoms with Gasteiger partial charge in [0, 0.05) is 31.6 Å². The molecule has 2 aliphatic rings. The summed E-state index contributed by atoms with van der Waals surface area (Å²) >= 11 is 0. The predicted molar refractivity (Wildman–Crippen MR) is 134 cm³/mol. The van der Waals surface area contributed by atoms with Crippen LogP contribution >= 0.6 is 0 Å². The maximum Gasteiger partial charge on any atom is 0.337 e. The molecule has 0 saturated carbocycles. The molecule has 5 rings (SSSR count). The van der Waals surface area contributed by atoms with Crippen molar-refractivity contribution in [3.63, 3.8) is 0 Å². The molecule has 1 aliphatic carbocycles. The molecule has 0 bridgehead atoms. The van der Waals surface area contributed by atoms with Crippen LogP contribution in [0.3, 0.4) is 0 Å². The van der Waals surface area contributed by atoms with Crippen molar-refractivity contribution >= 4 is 11.9 Å². The highest BCUT2D eigenvalue weighted by Gasteiger charge is 2.34. The largest absolute Gasteiger partial charge is 0.484 e. The van der Waals surface area contributed by atoms with Crippen molar-refractivity contribution in [2.24, 2.45) is 0 Å². The van der Waals surface area contributed by atoms with Gasteiger partial charge in [-0.15, -0.1) is 0 Å². The zero-order valence-electron chi connectivity index (χ0n) is 19.9. The number of fused-ring (bicyclic) bond motifs is 2. The molecule has 1 saturated heterocycles. The lowest BCUT2D eigenvalue weighted by Gasteiger charge is -2.39. The summed E-state index contributed by atoms with van der Waals surface area (Å²) in [6.07, 6.45) is 2.06. The summed E-state index contributed by atoms with van der Waals surface area (Å²) in [6.45, 7) is 1.97. The first-order valence-electron chi connectivity index (χ1n) is 12.1. The summed E-state index contributed by atoms with van der Waals surface area (Å²) in [5, 5.41) is 3.70. The van der Waals surface area contributed by atoms with E-state index in [0.29, 0.717) is 24.4 Å². The van der Waals surface area contributed by atoms with E-state index in [1.807, 2.05) is 4.90 Å². The topological polar surface area (TPSA) is 67.9 Å². The fourth-order valence-corrected chi connectivity index (χ4v) is 5.27. The fourth-order valence-electron chi connectivity index (χ4n) is 5.27. The highest BCUT2D eigenvalue weighted by Crippen LogP contribution is 2.37. The third-order valence-corrected chi connectivity index (χ3v) is 7.04. The van der Waals surface area contributed by atoms with Gasteiger partial charge in [-0.1, -0.05) is 48.5 Å².